The van der Waals surface area contributed by atoms with E-state index in [1.165, 1.54) is 32.1 Å². The van der Waals surface area contributed by atoms with Crippen LogP contribution in [-0.4, -0.2) is 17.6 Å². The molecule has 2 rings (SSSR count). The average Bonchev–Trinajstić information content (AvgIpc) is 2.40. The predicted molar refractivity (Wildman–Crippen MR) is 75.1 cm³/mol. The molecule has 0 aliphatic heterocycles. The van der Waals surface area contributed by atoms with Crippen LogP contribution in [0.2, 0.25) is 0 Å². The Bertz CT molecular complexity index is 367. The Labute approximate surface area is 110 Å². The monoisotopic (exact) mass is 248 g/mol. The third-order valence-electron chi connectivity index (χ3n) is 3.70. The van der Waals surface area contributed by atoms with Crippen LogP contribution in [-0.2, 0) is 0 Å². The largest absolute Gasteiger partial charge is 0.490 e. The Kier molecular flexibility index (Phi) is 4.85. The quantitative estimate of drug-likeness (QED) is 0.859. The SMILES string of the molecule is CCNc1cc(OC2CCCC(CC)C2)ccn1. The van der Waals surface area contributed by atoms with E-state index >= 15 is 0 Å². The van der Waals surface area contributed by atoms with E-state index in [0.717, 1.165) is 24.0 Å². The maximum absolute atomic E-state index is 6.09. The number of nitrogens with one attached hydrogen (secondary N) is 1. The van der Waals surface area contributed by atoms with E-state index < -0.39 is 0 Å². The average molecular weight is 248 g/mol. The molecule has 0 radical (unpaired) electrons. The lowest BCUT2D eigenvalue weighted by molar-refractivity contribution is 0.122. The second-order valence-corrected chi connectivity index (χ2v) is 5.09. The third kappa shape index (κ3) is 3.62. The van der Waals surface area contributed by atoms with Gasteiger partial charge in [0, 0.05) is 18.8 Å². The summed E-state index contributed by atoms with van der Waals surface area (Å²) in [7, 11) is 0. The van der Waals surface area contributed by atoms with E-state index in [4.69, 9.17) is 4.74 Å². The first-order chi connectivity index (χ1) is 8.81. The van der Waals surface area contributed by atoms with Crippen LogP contribution in [0.3, 0.4) is 0 Å². The highest BCUT2D eigenvalue weighted by Crippen LogP contribution is 2.29. The van der Waals surface area contributed by atoms with Crippen LogP contribution >= 0.6 is 0 Å². The first-order valence-electron chi connectivity index (χ1n) is 7.18. The van der Waals surface area contributed by atoms with Crippen LogP contribution in [0, 0.1) is 5.92 Å². The van der Waals surface area contributed by atoms with Crippen LogP contribution < -0.4 is 10.1 Å². The Morgan fingerprint density at radius 1 is 1.39 bits per heavy atom. The van der Waals surface area contributed by atoms with Gasteiger partial charge in [0.15, 0.2) is 0 Å². The Morgan fingerprint density at radius 3 is 3.06 bits per heavy atom. The molecule has 2 unspecified atom stereocenters. The summed E-state index contributed by atoms with van der Waals surface area (Å²) in [4.78, 5) is 4.26. The summed E-state index contributed by atoms with van der Waals surface area (Å²) in [6.45, 7) is 5.24. The number of rotatable bonds is 5. The summed E-state index contributed by atoms with van der Waals surface area (Å²) in [5.74, 6) is 2.69. The Hall–Kier alpha value is -1.25. The van der Waals surface area contributed by atoms with E-state index in [-0.39, 0.29) is 0 Å². The number of hydrogen-bond acceptors (Lipinski definition) is 3. The van der Waals surface area contributed by atoms with Crippen molar-refractivity contribution in [2.45, 2.75) is 52.1 Å². The number of hydrogen-bond donors (Lipinski definition) is 1. The molecule has 0 bridgehead atoms. The minimum atomic E-state index is 0.389. The summed E-state index contributed by atoms with van der Waals surface area (Å²) in [6, 6.07) is 3.95. The maximum atomic E-state index is 6.09. The van der Waals surface area contributed by atoms with E-state index in [1.807, 2.05) is 18.3 Å². The second-order valence-electron chi connectivity index (χ2n) is 5.09. The molecule has 3 heteroatoms. The molecule has 1 aliphatic rings. The molecule has 1 aromatic rings. The van der Waals surface area contributed by atoms with Crippen molar-refractivity contribution in [2.75, 3.05) is 11.9 Å². The van der Waals surface area contributed by atoms with Gasteiger partial charge in [0.25, 0.3) is 0 Å². The second kappa shape index (κ2) is 6.62. The molecule has 100 valence electrons. The summed E-state index contributed by atoms with van der Waals surface area (Å²) in [5, 5.41) is 3.21. The predicted octanol–water partition coefficient (Wildman–Crippen LogP) is 3.86. The number of ether oxygens (including phenoxy) is 1. The number of anilines is 1. The first kappa shape index (κ1) is 13.2. The van der Waals surface area contributed by atoms with Crippen molar-refractivity contribution in [2.24, 2.45) is 5.92 Å². The molecule has 18 heavy (non-hydrogen) atoms. The summed E-state index contributed by atoms with van der Waals surface area (Å²) in [5.41, 5.74) is 0. The highest BCUT2D eigenvalue weighted by molar-refractivity contribution is 5.40. The summed E-state index contributed by atoms with van der Waals surface area (Å²) < 4.78 is 6.09. The number of aromatic nitrogens is 1. The fraction of sp³-hybridized carbons (Fsp3) is 0.667. The van der Waals surface area contributed by atoms with Gasteiger partial charge in [0.05, 0.1) is 6.10 Å². The molecule has 2 atom stereocenters. The molecule has 3 nitrogen and oxygen atoms in total. The van der Waals surface area contributed by atoms with Gasteiger partial charge in [-0.3, -0.25) is 0 Å². The molecule has 0 saturated heterocycles. The van der Waals surface area contributed by atoms with Crippen molar-refractivity contribution < 1.29 is 4.74 Å². The fourth-order valence-corrected chi connectivity index (χ4v) is 2.67. The van der Waals surface area contributed by atoms with Gasteiger partial charge in [-0.15, -0.1) is 0 Å². The van der Waals surface area contributed by atoms with Crippen LogP contribution in [0.4, 0.5) is 5.82 Å². The lowest BCUT2D eigenvalue weighted by atomic mass is 9.85. The Balaban J connectivity index is 1.93. The molecule has 1 saturated carbocycles. The normalized spacial score (nSPS) is 23.7. The summed E-state index contributed by atoms with van der Waals surface area (Å²) in [6.07, 6.45) is 8.54. The molecule has 1 aliphatic carbocycles. The van der Waals surface area contributed by atoms with Crippen molar-refractivity contribution in [3.63, 3.8) is 0 Å². The van der Waals surface area contributed by atoms with Crippen molar-refractivity contribution >= 4 is 5.82 Å². The van der Waals surface area contributed by atoms with E-state index in [9.17, 15) is 0 Å². The molecule has 0 amide bonds. The Morgan fingerprint density at radius 2 is 2.28 bits per heavy atom. The lowest BCUT2D eigenvalue weighted by Gasteiger charge is -2.29. The summed E-state index contributed by atoms with van der Waals surface area (Å²) >= 11 is 0. The minimum absolute atomic E-state index is 0.389. The van der Waals surface area contributed by atoms with Gasteiger partial charge in [-0.05, 0) is 38.2 Å². The first-order valence-corrected chi connectivity index (χ1v) is 7.18. The van der Waals surface area contributed by atoms with Gasteiger partial charge in [-0.25, -0.2) is 4.98 Å². The minimum Gasteiger partial charge on any atom is -0.490 e. The van der Waals surface area contributed by atoms with Gasteiger partial charge < -0.3 is 10.1 Å². The van der Waals surface area contributed by atoms with Crippen molar-refractivity contribution in [3.8, 4) is 5.75 Å². The topological polar surface area (TPSA) is 34.1 Å². The molecular weight excluding hydrogens is 224 g/mol. The van der Waals surface area contributed by atoms with Crippen molar-refractivity contribution in [3.05, 3.63) is 18.3 Å². The smallest absolute Gasteiger partial charge is 0.129 e. The molecule has 0 aromatic carbocycles. The highest BCUT2D eigenvalue weighted by atomic mass is 16.5. The van der Waals surface area contributed by atoms with Gasteiger partial charge in [-0.2, -0.15) is 0 Å². The molecular formula is C15H24N2O. The molecule has 0 spiro atoms. The lowest BCUT2D eigenvalue weighted by Crippen LogP contribution is -2.25. The van der Waals surface area contributed by atoms with Crippen molar-refractivity contribution in [1.29, 1.82) is 0 Å². The fourth-order valence-electron chi connectivity index (χ4n) is 2.67. The standard InChI is InChI=1S/C15H24N2O/c1-3-12-6-5-7-13(10-12)18-14-8-9-17-15(11-14)16-4-2/h8-9,11-13H,3-7,10H2,1-2H3,(H,16,17). The van der Waals surface area contributed by atoms with Crippen molar-refractivity contribution in [1.82, 2.24) is 4.98 Å². The van der Waals surface area contributed by atoms with E-state index in [2.05, 4.69) is 24.1 Å². The van der Waals surface area contributed by atoms with Crippen LogP contribution in [0.5, 0.6) is 5.75 Å². The van der Waals surface area contributed by atoms with E-state index in [0.29, 0.717) is 6.10 Å². The number of nitrogens with zero attached hydrogens (tertiary/aromatic N) is 1. The molecule has 1 aromatic heterocycles. The van der Waals surface area contributed by atoms with Crippen LogP contribution in [0.15, 0.2) is 18.3 Å². The zero-order chi connectivity index (χ0) is 12.8. The number of pyridine rings is 1. The molecule has 1 fully saturated rings. The van der Waals surface area contributed by atoms with E-state index in [1.54, 1.807) is 0 Å². The molecule has 1 heterocycles. The molecule has 1 N–H and O–H groups in total. The van der Waals surface area contributed by atoms with Crippen LogP contribution in [0.1, 0.15) is 46.0 Å². The zero-order valence-corrected chi connectivity index (χ0v) is 11.5. The van der Waals surface area contributed by atoms with Gasteiger partial charge in [0.2, 0.25) is 0 Å². The van der Waals surface area contributed by atoms with Gasteiger partial charge in [-0.1, -0.05) is 19.8 Å². The van der Waals surface area contributed by atoms with Gasteiger partial charge >= 0.3 is 0 Å². The maximum Gasteiger partial charge on any atom is 0.129 e. The third-order valence-corrected chi connectivity index (χ3v) is 3.70. The van der Waals surface area contributed by atoms with Gasteiger partial charge in [0.1, 0.15) is 11.6 Å². The highest BCUT2D eigenvalue weighted by Gasteiger charge is 2.22. The zero-order valence-electron chi connectivity index (χ0n) is 11.5. The van der Waals surface area contributed by atoms with Crippen LogP contribution in [0.25, 0.3) is 0 Å².